The van der Waals surface area contributed by atoms with Crippen LogP contribution in [0.1, 0.15) is 110 Å². The van der Waals surface area contributed by atoms with Crippen LogP contribution < -0.4 is 0 Å². The van der Waals surface area contributed by atoms with Crippen LogP contribution >= 0.6 is 11.6 Å². The Balaban J connectivity index is 3.15. The molecule has 0 N–H and O–H groups in total. The molecule has 1 nitrogen and oxygen atoms in total. The second-order valence-electron chi connectivity index (χ2n) is 6.68. The molecule has 0 aliphatic heterocycles. The topological polar surface area (TPSA) is 17.1 Å². The van der Waals surface area contributed by atoms with E-state index >= 15 is 0 Å². The summed E-state index contributed by atoms with van der Waals surface area (Å²) in [4.78, 5) is 10.6. The normalized spacial score (nSPS) is 12.5. The van der Waals surface area contributed by atoms with Crippen LogP contribution in [0.15, 0.2) is 0 Å². The van der Waals surface area contributed by atoms with Crippen LogP contribution in [0.2, 0.25) is 0 Å². The third kappa shape index (κ3) is 17.9. The summed E-state index contributed by atoms with van der Waals surface area (Å²) in [6.45, 7) is 4.69. The number of carbonyl (C=O) groups excluding carboxylic acids is 1. The van der Waals surface area contributed by atoms with Crippen LogP contribution in [0.3, 0.4) is 0 Å². The number of carbonyl (C=O) groups is 1. The molecule has 0 saturated carbocycles. The van der Waals surface area contributed by atoms with Gasteiger partial charge in [-0.3, -0.25) is 4.79 Å². The molecule has 0 unspecified atom stereocenters. The summed E-state index contributed by atoms with van der Waals surface area (Å²) in [6.07, 6.45) is 19.3. The molecule has 0 aromatic rings. The Kier molecular flexibility index (Phi) is 16.3. The Bertz CT molecular complexity index is 228. The van der Waals surface area contributed by atoms with Crippen molar-refractivity contribution < 1.29 is 4.79 Å². The second kappa shape index (κ2) is 16.3. The fourth-order valence-electron chi connectivity index (χ4n) is 2.88. The van der Waals surface area contributed by atoms with Gasteiger partial charge in [-0.15, -0.1) is 0 Å². The molecule has 0 fully saturated rings. The zero-order valence-electron chi connectivity index (χ0n) is 14.5. The van der Waals surface area contributed by atoms with Gasteiger partial charge in [-0.25, -0.2) is 0 Å². The SMILES string of the molecule is CCCCCCCC[C@@H](C)CCCCCCCCC(=O)Cl. The van der Waals surface area contributed by atoms with Crippen molar-refractivity contribution in [3.8, 4) is 0 Å². The van der Waals surface area contributed by atoms with Crippen LogP contribution in [0, 0.1) is 5.92 Å². The molecule has 0 radical (unpaired) electrons. The lowest BCUT2D eigenvalue weighted by Crippen LogP contribution is -1.95. The van der Waals surface area contributed by atoms with Gasteiger partial charge in [0, 0.05) is 6.42 Å². The summed E-state index contributed by atoms with van der Waals surface area (Å²) in [6, 6.07) is 0. The first-order chi connectivity index (χ1) is 10.2. The minimum Gasteiger partial charge on any atom is -0.281 e. The third-order valence-corrected chi connectivity index (χ3v) is 4.56. The van der Waals surface area contributed by atoms with Gasteiger partial charge < -0.3 is 0 Å². The van der Waals surface area contributed by atoms with E-state index in [9.17, 15) is 4.79 Å². The lowest BCUT2D eigenvalue weighted by molar-refractivity contribution is -0.111. The van der Waals surface area contributed by atoms with Crippen molar-refractivity contribution in [2.24, 2.45) is 5.92 Å². The molecule has 0 saturated heterocycles. The van der Waals surface area contributed by atoms with E-state index in [1.54, 1.807) is 0 Å². The third-order valence-electron chi connectivity index (χ3n) is 4.37. The van der Waals surface area contributed by atoms with Crippen LogP contribution in [0.5, 0.6) is 0 Å². The summed E-state index contributed by atoms with van der Waals surface area (Å²) >= 11 is 5.31. The molecular formula is C19H37ClO. The Morgan fingerprint density at radius 3 is 1.67 bits per heavy atom. The summed E-state index contributed by atoms with van der Waals surface area (Å²) in [5, 5.41) is -0.182. The van der Waals surface area contributed by atoms with E-state index in [1.807, 2.05) is 0 Å². The predicted octanol–water partition coefficient (Wildman–Crippen LogP) is 7.26. The molecule has 0 aromatic heterocycles. The highest BCUT2D eigenvalue weighted by Crippen LogP contribution is 2.18. The van der Waals surface area contributed by atoms with E-state index in [-0.39, 0.29) is 5.24 Å². The minimum absolute atomic E-state index is 0.182. The molecule has 0 aliphatic rings. The Morgan fingerprint density at radius 1 is 0.762 bits per heavy atom. The molecule has 21 heavy (non-hydrogen) atoms. The van der Waals surface area contributed by atoms with E-state index in [0.717, 1.165) is 18.8 Å². The van der Waals surface area contributed by atoms with Crippen LogP contribution in [-0.2, 0) is 4.79 Å². The zero-order chi connectivity index (χ0) is 15.8. The fraction of sp³-hybridized carbons (Fsp3) is 0.947. The molecule has 0 heterocycles. The van der Waals surface area contributed by atoms with E-state index in [2.05, 4.69) is 13.8 Å². The second-order valence-corrected chi connectivity index (χ2v) is 7.10. The number of unbranched alkanes of at least 4 members (excludes halogenated alkanes) is 10. The van der Waals surface area contributed by atoms with Crippen LogP contribution in [-0.4, -0.2) is 5.24 Å². The van der Waals surface area contributed by atoms with E-state index in [1.165, 1.54) is 77.0 Å². The highest BCUT2D eigenvalue weighted by molar-refractivity contribution is 6.63. The zero-order valence-corrected chi connectivity index (χ0v) is 15.2. The van der Waals surface area contributed by atoms with Crippen molar-refractivity contribution in [3.05, 3.63) is 0 Å². The van der Waals surface area contributed by atoms with Crippen LogP contribution in [0.4, 0.5) is 0 Å². The molecule has 2 heteroatoms. The minimum atomic E-state index is -0.182. The molecule has 126 valence electrons. The molecule has 0 bridgehead atoms. The van der Waals surface area contributed by atoms with Gasteiger partial charge in [-0.05, 0) is 23.9 Å². The Labute approximate surface area is 138 Å². The fourth-order valence-corrected chi connectivity index (χ4v) is 3.01. The molecule has 0 spiro atoms. The maximum atomic E-state index is 10.6. The first-order valence-electron chi connectivity index (χ1n) is 9.35. The van der Waals surface area contributed by atoms with Gasteiger partial charge in [0.05, 0.1) is 0 Å². The molecular weight excluding hydrogens is 280 g/mol. The highest BCUT2D eigenvalue weighted by atomic mass is 35.5. The smallest absolute Gasteiger partial charge is 0.221 e. The Morgan fingerprint density at radius 2 is 1.19 bits per heavy atom. The van der Waals surface area contributed by atoms with Gasteiger partial charge in [0.2, 0.25) is 5.24 Å². The van der Waals surface area contributed by atoms with E-state index in [0.29, 0.717) is 6.42 Å². The summed E-state index contributed by atoms with van der Waals surface area (Å²) in [7, 11) is 0. The average Bonchev–Trinajstić information content (AvgIpc) is 2.45. The van der Waals surface area contributed by atoms with Crippen molar-refractivity contribution in [1.82, 2.24) is 0 Å². The van der Waals surface area contributed by atoms with Gasteiger partial charge in [0.1, 0.15) is 0 Å². The van der Waals surface area contributed by atoms with Gasteiger partial charge in [-0.1, -0.05) is 97.3 Å². The quantitative estimate of drug-likeness (QED) is 0.216. The van der Waals surface area contributed by atoms with Crippen molar-refractivity contribution >= 4 is 16.8 Å². The standard InChI is InChI=1S/C19H37ClO/c1-3-4-5-6-9-12-15-18(2)16-13-10-7-8-11-14-17-19(20)21/h18H,3-17H2,1-2H3/t18-/m1/s1. The largest absolute Gasteiger partial charge is 0.281 e. The maximum Gasteiger partial charge on any atom is 0.221 e. The number of hydrogen-bond acceptors (Lipinski definition) is 1. The van der Waals surface area contributed by atoms with E-state index < -0.39 is 0 Å². The molecule has 1 atom stereocenters. The molecule has 0 aliphatic carbocycles. The first-order valence-corrected chi connectivity index (χ1v) is 9.73. The van der Waals surface area contributed by atoms with Crippen molar-refractivity contribution in [2.45, 2.75) is 110 Å². The lowest BCUT2D eigenvalue weighted by atomic mass is 9.96. The molecule has 0 amide bonds. The van der Waals surface area contributed by atoms with Crippen molar-refractivity contribution in [3.63, 3.8) is 0 Å². The maximum absolute atomic E-state index is 10.6. The average molecular weight is 317 g/mol. The highest BCUT2D eigenvalue weighted by Gasteiger charge is 2.02. The van der Waals surface area contributed by atoms with Gasteiger partial charge >= 0.3 is 0 Å². The lowest BCUT2D eigenvalue weighted by Gasteiger charge is -2.11. The number of rotatable bonds is 16. The van der Waals surface area contributed by atoms with Crippen LogP contribution in [0.25, 0.3) is 0 Å². The molecule has 0 rings (SSSR count). The van der Waals surface area contributed by atoms with E-state index in [4.69, 9.17) is 11.6 Å². The summed E-state index contributed by atoms with van der Waals surface area (Å²) in [5.74, 6) is 0.907. The van der Waals surface area contributed by atoms with Gasteiger partial charge in [-0.2, -0.15) is 0 Å². The summed E-state index contributed by atoms with van der Waals surface area (Å²) in [5.41, 5.74) is 0. The van der Waals surface area contributed by atoms with Crippen molar-refractivity contribution in [2.75, 3.05) is 0 Å². The Hall–Kier alpha value is -0.0400. The number of halogens is 1. The number of hydrogen-bond donors (Lipinski definition) is 0. The summed E-state index contributed by atoms with van der Waals surface area (Å²) < 4.78 is 0. The predicted molar refractivity (Wildman–Crippen MR) is 95.0 cm³/mol. The molecule has 0 aromatic carbocycles. The monoisotopic (exact) mass is 316 g/mol. The first kappa shape index (κ1) is 21.0. The van der Waals surface area contributed by atoms with Gasteiger partial charge in [0.25, 0.3) is 0 Å². The van der Waals surface area contributed by atoms with Gasteiger partial charge in [0.15, 0.2) is 0 Å². The van der Waals surface area contributed by atoms with Crippen molar-refractivity contribution in [1.29, 1.82) is 0 Å².